The maximum absolute atomic E-state index is 12.8. The summed E-state index contributed by atoms with van der Waals surface area (Å²) in [5, 5.41) is 17.7. The van der Waals surface area contributed by atoms with Crippen molar-refractivity contribution >= 4 is 44.6 Å². The number of ether oxygens (including phenoxy) is 2. The molecule has 2 aromatic heterocycles. The topological polar surface area (TPSA) is 135 Å². The Balaban J connectivity index is 1.85. The first-order chi connectivity index (χ1) is 16.2. The molecular formula is C22H27N5O5S2. The minimum atomic E-state index is -2.93. The lowest BCUT2D eigenvalue weighted by atomic mass is 10.2. The van der Waals surface area contributed by atoms with Gasteiger partial charge in [-0.15, -0.1) is 15.7 Å². The number of aliphatic hydroxyl groups excluding tert-OH is 1. The third kappa shape index (κ3) is 6.43. The van der Waals surface area contributed by atoms with Crippen LogP contribution in [0, 0.1) is 0 Å². The number of methoxy groups -OCH3 is 1. The predicted octanol–water partition coefficient (Wildman–Crippen LogP) is 4.36. The zero-order chi connectivity index (χ0) is 24.7. The van der Waals surface area contributed by atoms with Crippen molar-refractivity contribution < 1.29 is 23.6 Å². The smallest absolute Gasteiger partial charge is 0.442 e. The van der Waals surface area contributed by atoms with Crippen LogP contribution in [0.25, 0.3) is 10.4 Å². The van der Waals surface area contributed by atoms with Gasteiger partial charge in [0.1, 0.15) is 11.6 Å². The van der Waals surface area contributed by atoms with Gasteiger partial charge in [0.15, 0.2) is 0 Å². The second-order valence-corrected chi connectivity index (χ2v) is 10.4. The van der Waals surface area contributed by atoms with Crippen LogP contribution < -0.4 is 15.4 Å². The molecule has 0 aliphatic rings. The minimum absolute atomic E-state index is 0.0609. The fourth-order valence-corrected chi connectivity index (χ4v) is 4.79. The number of aromatic nitrogens is 2. The Kier molecular flexibility index (Phi) is 8.42. The quantitative estimate of drug-likeness (QED) is 0.387. The van der Waals surface area contributed by atoms with Gasteiger partial charge in [0.05, 0.1) is 35.6 Å². The summed E-state index contributed by atoms with van der Waals surface area (Å²) in [6, 6.07) is 8.31. The number of nitrogens with one attached hydrogen (secondary N) is 2. The molecular weight excluding hydrogens is 478 g/mol. The van der Waals surface area contributed by atoms with E-state index in [1.807, 2.05) is 18.4 Å². The van der Waals surface area contributed by atoms with Gasteiger partial charge in [0.25, 0.3) is 0 Å². The van der Waals surface area contributed by atoms with E-state index >= 15 is 0 Å². The number of hydrogen-bond acceptors (Lipinski definition) is 10. The molecule has 1 amide bonds. The van der Waals surface area contributed by atoms with Crippen molar-refractivity contribution in [3.8, 4) is 16.2 Å². The predicted molar refractivity (Wildman–Crippen MR) is 134 cm³/mol. The van der Waals surface area contributed by atoms with Gasteiger partial charge < -0.3 is 25.2 Å². The maximum Gasteiger partial charge on any atom is 0.442 e. The fourth-order valence-electron chi connectivity index (χ4n) is 2.84. The Morgan fingerprint density at radius 1 is 1.32 bits per heavy atom. The molecule has 1 aromatic carbocycles. The highest BCUT2D eigenvalue weighted by Crippen LogP contribution is 2.35. The molecule has 0 saturated heterocycles. The van der Waals surface area contributed by atoms with Crippen LogP contribution in [0.2, 0.25) is 0 Å². The third-order valence-electron chi connectivity index (χ3n) is 4.59. The van der Waals surface area contributed by atoms with Gasteiger partial charge in [0, 0.05) is 39.3 Å². The number of thiophene rings is 1. The molecule has 0 fully saturated rings. The lowest BCUT2D eigenvalue weighted by molar-refractivity contribution is 0.164. The number of hydrogen-bond donors (Lipinski definition) is 3. The Morgan fingerprint density at radius 3 is 2.68 bits per heavy atom. The van der Waals surface area contributed by atoms with E-state index < -0.39 is 15.8 Å². The molecule has 3 aromatic rings. The van der Waals surface area contributed by atoms with Crippen LogP contribution in [0.5, 0.6) is 5.75 Å². The van der Waals surface area contributed by atoms with Gasteiger partial charge in [-0.25, -0.2) is 14.0 Å². The highest BCUT2D eigenvalue weighted by Gasteiger charge is 2.15. The van der Waals surface area contributed by atoms with Crippen molar-refractivity contribution in [2.24, 2.45) is 4.36 Å². The van der Waals surface area contributed by atoms with Crippen molar-refractivity contribution in [2.75, 3.05) is 37.2 Å². The van der Waals surface area contributed by atoms with E-state index in [4.69, 9.17) is 9.47 Å². The standard InChI is InChI=1S/C22H27N5O5S2/c1-5-32-22(29)27-34(4,30)17-8-6-15(7-9-17)25-21-23-11-18(19-10-16(31-3)13-33-19)20(26-21)24-14(2)12-28/h6-11,13-14,28H,5,12H2,1-4H3,(H2,23,24,25,26)/t14-,34?/m1/s1. The Hall–Kier alpha value is -3.22. The van der Waals surface area contributed by atoms with Gasteiger partial charge in [-0.2, -0.15) is 4.98 Å². The van der Waals surface area contributed by atoms with Crippen molar-refractivity contribution in [3.63, 3.8) is 0 Å². The van der Waals surface area contributed by atoms with Crippen molar-refractivity contribution in [2.45, 2.75) is 24.8 Å². The average Bonchev–Trinajstić information content (AvgIpc) is 3.28. The highest BCUT2D eigenvalue weighted by atomic mass is 32.2. The molecule has 2 heterocycles. The van der Waals surface area contributed by atoms with Crippen molar-refractivity contribution in [1.29, 1.82) is 0 Å². The molecule has 182 valence electrons. The first kappa shape index (κ1) is 25.4. The molecule has 0 saturated carbocycles. The number of carbonyl (C=O) groups is 1. The van der Waals surface area contributed by atoms with Crippen LogP contribution in [0.3, 0.4) is 0 Å². The summed E-state index contributed by atoms with van der Waals surface area (Å²) >= 11 is 1.50. The monoisotopic (exact) mass is 505 g/mol. The summed E-state index contributed by atoms with van der Waals surface area (Å²) in [6.07, 6.45) is 2.22. The summed E-state index contributed by atoms with van der Waals surface area (Å²) in [6.45, 7) is 3.60. The number of rotatable bonds is 9. The number of nitrogens with zero attached hydrogens (tertiary/aromatic N) is 3. The fraction of sp³-hybridized carbons (Fsp3) is 0.318. The van der Waals surface area contributed by atoms with Crippen molar-refractivity contribution in [3.05, 3.63) is 41.9 Å². The lowest BCUT2D eigenvalue weighted by Crippen LogP contribution is -2.21. The van der Waals surface area contributed by atoms with Gasteiger partial charge in [-0.3, -0.25) is 0 Å². The molecule has 0 spiro atoms. The summed E-state index contributed by atoms with van der Waals surface area (Å²) in [4.78, 5) is 21.9. The SMILES string of the molecule is CCOC(=O)N=S(C)(=O)c1ccc(Nc2ncc(-c3cc(OC)cs3)c(N[C@H](C)CO)n2)cc1. The normalized spacial score (nSPS) is 13.4. The highest BCUT2D eigenvalue weighted by molar-refractivity contribution is 7.93. The average molecular weight is 506 g/mol. The molecule has 0 bridgehead atoms. The van der Waals surface area contributed by atoms with E-state index in [-0.39, 0.29) is 19.3 Å². The van der Waals surface area contributed by atoms with Crippen LogP contribution in [0.1, 0.15) is 13.8 Å². The molecule has 3 rings (SSSR count). The molecule has 0 aliphatic carbocycles. The zero-order valence-corrected chi connectivity index (χ0v) is 20.9. The molecule has 10 nitrogen and oxygen atoms in total. The van der Waals surface area contributed by atoms with Crippen LogP contribution in [0.15, 0.2) is 51.2 Å². The van der Waals surface area contributed by atoms with Crippen LogP contribution in [-0.4, -0.2) is 58.0 Å². The van der Waals surface area contributed by atoms with Gasteiger partial charge in [-0.05, 0) is 44.2 Å². The zero-order valence-electron chi connectivity index (χ0n) is 19.3. The molecule has 2 atom stereocenters. The van der Waals surface area contributed by atoms with Gasteiger partial charge in [0.2, 0.25) is 5.95 Å². The Labute approximate surface area is 202 Å². The van der Waals surface area contributed by atoms with E-state index in [0.29, 0.717) is 22.3 Å². The van der Waals surface area contributed by atoms with Crippen LogP contribution >= 0.6 is 11.3 Å². The summed E-state index contributed by atoms with van der Waals surface area (Å²) in [5.74, 6) is 1.64. The molecule has 12 heteroatoms. The van der Waals surface area contributed by atoms with E-state index in [0.717, 1.165) is 16.2 Å². The first-order valence-electron chi connectivity index (χ1n) is 10.4. The molecule has 0 aliphatic heterocycles. The van der Waals surface area contributed by atoms with E-state index in [9.17, 15) is 14.1 Å². The van der Waals surface area contributed by atoms with E-state index in [1.54, 1.807) is 44.5 Å². The Bertz CT molecular complexity index is 1250. The summed E-state index contributed by atoms with van der Waals surface area (Å²) in [7, 11) is -1.33. The second-order valence-electron chi connectivity index (χ2n) is 7.28. The molecule has 0 radical (unpaired) electrons. The second kappa shape index (κ2) is 11.3. The number of carbonyl (C=O) groups excluding carboxylic acids is 1. The van der Waals surface area contributed by atoms with Crippen LogP contribution in [-0.2, 0) is 14.5 Å². The number of benzene rings is 1. The number of amides is 1. The minimum Gasteiger partial charge on any atom is -0.496 e. The van der Waals surface area contributed by atoms with Gasteiger partial charge in [-0.1, -0.05) is 0 Å². The largest absolute Gasteiger partial charge is 0.496 e. The van der Waals surface area contributed by atoms with E-state index in [1.165, 1.54) is 17.6 Å². The van der Waals surface area contributed by atoms with E-state index in [2.05, 4.69) is 25.0 Å². The van der Waals surface area contributed by atoms with Crippen LogP contribution in [0.4, 0.5) is 22.2 Å². The Morgan fingerprint density at radius 2 is 2.06 bits per heavy atom. The molecule has 34 heavy (non-hydrogen) atoms. The maximum atomic E-state index is 12.8. The van der Waals surface area contributed by atoms with Crippen molar-refractivity contribution in [1.82, 2.24) is 9.97 Å². The number of anilines is 3. The number of aliphatic hydroxyl groups is 1. The lowest BCUT2D eigenvalue weighted by Gasteiger charge is -2.16. The molecule has 3 N–H and O–H groups in total. The first-order valence-corrected chi connectivity index (χ1v) is 13.2. The third-order valence-corrected chi connectivity index (χ3v) is 7.17. The molecule has 1 unspecified atom stereocenters. The summed E-state index contributed by atoms with van der Waals surface area (Å²) < 4.78 is 26.5. The summed E-state index contributed by atoms with van der Waals surface area (Å²) in [5.41, 5.74) is 1.43. The van der Waals surface area contributed by atoms with Gasteiger partial charge >= 0.3 is 6.09 Å².